The normalized spacial score (nSPS) is 27.6. The Morgan fingerprint density at radius 3 is 2.30 bits per heavy atom. The van der Waals surface area contributed by atoms with Gasteiger partial charge in [0.15, 0.2) is 0 Å². The Morgan fingerprint density at radius 1 is 0.841 bits per heavy atom. The van der Waals surface area contributed by atoms with Gasteiger partial charge in [0, 0.05) is 14.6 Å². The lowest BCUT2D eigenvalue weighted by Crippen LogP contribution is -2.52. The molecule has 4 heterocycles. The minimum atomic E-state index is -1.65. The van der Waals surface area contributed by atoms with E-state index in [0.717, 1.165) is 20.1 Å². The zero-order chi connectivity index (χ0) is 30.2. The van der Waals surface area contributed by atoms with Crippen molar-refractivity contribution in [3.63, 3.8) is 0 Å². The van der Waals surface area contributed by atoms with Gasteiger partial charge in [0.1, 0.15) is 29.1 Å². The smallest absolute Gasteiger partial charge is 0.325 e. The molecule has 0 aliphatic carbocycles. The summed E-state index contributed by atoms with van der Waals surface area (Å²) in [5.74, 6) is -3.81. The van der Waals surface area contributed by atoms with E-state index in [1.165, 1.54) is 0 Å². The van der Waals surface area contributed by atoms with E-state index < -0.39 is 53.4 Å². The van der Waals surface area contributed by atoms with Crippen molar-refractivity contribution in [2.45, 2.75) is 29.6 Å². The Labute approximate surface area is 265 Å². The summed E-state index contributed by atoms with van der Waals surface area (Å²) in [6.45, 7) is 0. The second-order valence-corrected chi connectivity index (χ2v) is 12.7. The van der Waals surface area contributed by atoms with E-state index in [1.807, 2.05) is 102 Å². The standard InChI is InChI=1S/C35H25IN2O6/c36-23-12-13-25-24(18-23)35(34(42)37-25)27(32(39)40)29-33(41)44-30(20-9-5-2-6-10-20)28(19-7-3-1-4-8-19)38(29)31(35)22-11-14-26-21(17-22)15-16-43-26/h1-18,27-31H,(H,37,42)(H,39,40)/t27-,28-,29-,30+,31+,35-/m0/s1. The maximum atomic E-state index is 14.5. The number of morpholine rings is 1. The van der Waals surface area contributed by atoms with Crippen LogP contribution in [0, 0.1) is 9.49 Å². The first kappa shape index (κ1) is 27.1. The highest BCUT2D eigenvalue weighted by Gasteiger charge is 2.74. The largest absolute Gasteiger partial charge is 0.481 e. The molecular weight excluding hydrogens is 671 g/mol. The Hall–Kier alpha value is -4.48. The zero-order valence-electron chi connectivity index (χ0n) is 23.1. The van der Waals surface area contributed by atoms with Crippen LogP contribution in [0.25, 0.3) is 11.0 Å². The lowest BCUT2D eigenvalue weighted by Gasteiger charge is -2.46. The van der Waals surface area contributed by atoms with Crippen molar-refractivity contribution in [2.75, 3.05) is 5.32 Å². The minimum absolute atomic E-state index is 0.454. The first-order valence-corrected chi connectivity index (χ1v) is 15.4. The van der Waals surface area contributed by atoms with Crippen LogP contribution in [-0.2, 0) is 24.5 Å². The highest BCUT2D eigenvalue weighted by atomic mass is 127. The van der Waals surface area contributed by atoms with Crippen molar-refractivity contribution >= 4 is 57.1 Å². The molecule has 0 unspecified atom stereocenters. The predicted octanol–water partition coefficient (Wildman–Crippen LogP) is 6.39. The third-order valence-corrected chi connectivity index (χ3v) is 10.00. The molecule has 9 heteroatoms. The van der Waals surface area contributed by atoms with Gasteiger partial charge in [-0.05, 0) is 81.2 Å². The second kappa shape index (κ2) is 10.0. The number of anilines is 1. The van der Waals surface area contributed by atoms with Crippen molar-refractivity contribution in [2.24, 2.45) is 5.92 Å². The maximum Gasteiger partial charge on any atom is 0.325 e. The van der Waals surface area contributed by atoms with E-state index in [1.54, 1.807) is 12.3 Å². The first-order valence-electron chi connectivity index (χ1n) is 14.3. The van der Waals surface area contributed by atoms with Gasteiger partial charge in [-0.25, -0.2) is 0 Å². The molecule has 6 atom stereocenters. The van der Waals surface area contributed by atoms with Crippen LogP contribution >= 0.6 is 22.6 Å². The van der Waals surface area contributed by atoms with Gasteiger partial charge in [0.2, 0.25) is 5.91 Å². The number of esters is 1. The third kappa shape index (κ3) is 3.75. The van der Waals surface area contributed by atoms with Crippen LogP contribution < -0.4 is 5.32 Å². The molecule has 0 radical (unpaired) electrons. The van der Waals surface area contributed by atoms with E-state index in [-0.39, 0.29) is 0 Å². The molecule has 8 rings (SSSR count). The van der Waals surface area contributed by atoms with Gasteiger partial charge in [-0.2, -0.15) is 0 Å². The molecule has 2 saturated heterocycles. The van der Waals surface area contributed by atoms with Crippen molar-refractivity contribution < 1.29 is 28.6 Å². The molecule has 0 bridgehead atoms. The molecule has 4 aromatic carbocycles. The average molecular weight is 696 g/mol. The summed E-state index contributed by atoms with van der Waals surface area (Å²) in [6, 6.07) is 29.4. The van der Waals surface area contributed by atoms with Gasteiger partial charge in [-0.1, -0.05) is 66.7 Å². The molecule has 8 nitrogen and oxygen atoms in total. The van der Waals surface area contributed by atoms with Gasteiger partial charge in [-0.3, -0.25) is 19.3 Å². The number of hydrogen-bond donors (Lipinski definition) is 2. The molecule has 2 N–H and O–H groups in total. The summed E-state index contributed by atoms with van der Waals surface area (Å²) in [5.41, 5.74) is 2.44. The summed E-state index contributed by atoms with van der Waals surface area (Å²) in [6.07, 6.45) is 0.838. The summed E-state index contributed by atoms with van der Waals surface area (Å²) < 4.78 is 12.7. The van der Waals surface area contributed by atoms with Gasteiger partial charge in [0.05, 0.1) is 18.3 Å². The monoisotopic (exact) mass is 696 g/mol. The number of carbonyl (C=O) groups excluding carboxylic acids is 2. The number of hydrogen-bond acceptors (Lipinski definition) is 6. The highest BCUT2D eigenvalue weighted by Crippen LogP contribution is 2.64. The number of nitrogens with one attached hydrogen (secondary N) is 1. The van der Waals surface area contributed by atoms with Crippen molar-refractivity contribution in [1.29, 1.82) is 0 Å². The SMILES string of the molecule is O=C1O[C@H](c2ccccc2)[C@H](c2ccccc2)N2[C@H]1[C@@H](C(=O)O)[C@]1(C(=O)Nc3ccc(I)cc31)[C@H]2c1ccc2occc2c1. The Bertz CT molecular complexity index is 1960. The maximum absolute atomic E-state index is 14.5. The van der Waals surface area contributed by atoms with Crippen LogP contribution in [0.2, 0.25) is 0 Å². The minimum Gasteiger partial charge on any atom is -0.481 e. The van der Waals surface area contributed by atoms with Crippen LogP contribution in [0.3, 0.4) is 0 Å². The van der Waals surface area contributed by atoms with Gasteiger partial charge in [-0.15, -0.1) is 0 Å². The highest BCUT2D eigenvalue weighted by molar-refractivity contribution is 14.1. The van der Waals surface area contributed by atoms with E-state index in [2.05, 4.69) is 27.9 Å². The van der Waals surface area contributed by atoms with E-state index in [4.69, 9.17) is 9.15 Å². The van der Waals surface area contributed by atoms with E-state index >= 15 is 0 Å². The molecule has 1 aromatic heterocycles. The third-order valence-electron chi connectivity index (χ3n) is 9.33. The number of furan rings is 1. The summed E-state index contributed by atoms with van der Waals surface area (Å²) in [4.78, 5) is 44.3. The Morgan fingerprint density at radius 2 is 1.57 bits per heavy atom. The number of carboxylic acid groups (broad SMARTS) is 1. The lowest BCUT2D eigenvalue weighted by molar-refractivity contribution is -0.179. The summed E-state index contributed by atoms with van der Waals surface area (Å²) in [5, 5.41) is 14.8. The number of rotatable bonds is 4. The van der Waals surface area contributed by atoms with Crippen LogP contribution in [0.5, 0.6) is 0 Å². The van der Waals surface area contributed by atoms with Gasteiger partial charge in [0.25, 0.3) is 0 Å². The number of fused-ring (bicyclic) bond motifs is 4. The summed E-state index contributed by atoms with van der Waals surface area (Å²) >= 11 is 2.17. The number of carboxylic acids is 1. The Balaban J connectivity index is 1.47. The average Bonchev–Trinajstić information content (AvgIpc) is 3.71. The fourth-order valence-corrected chi connectivity index (χ4v) is 8.19. The topological polar surface area (TPSA) is 109 Å². The lowest BCUT2D eigenvalue weighted by atomic mass is 9.65. The zero-order valence-corrected chi connectivity index (χ0v) is 25.3. The number of benzene rings is 4. The fraction of sp³-hybridized carbons (Fsp3) is 0.171. The summed E-state index contributed by atoms with van der Waals surface area (Å²) in [7, 11) is 0. The van der Waals surface area contributed by atoms with Crippen molar-refractivity contribution in [3.05, 3.63) is 135 Å². The van der Waals surface area contributed by atoms with Crippen molar-refractivity contribution in [3.8, 4) is 0 Å². The van der Waals surface area contributed by atoms with Crippen molar-refractivity contribution in [1.82, 2.24) is 4.90 Å². The van der Waals surface area contributed by atoms with Crippen LogP contribution in [0.4, 0.5) is 5.69 Å². The molecule has 1 spiro atoms. The van der Waals surface area contributed by atoms with Crippen LogP contribution in [0.1, 0.15) is 40.4 Å². The van der Waals surface area contributed by atoms with E-state index in [0.29, 0.717) is 22.4 Å². The number of ether oxygens (including phenoxy) is 1. The Kier molecular flexibility index (Phi) is 6.18. The number of amides is 1. The molecule has 0 saturated carbocycles. The number of nitrogens with zero attached hydrogens (tertiary/aromatic N) is 1. The molecule has 3 aliphatic heterocycles. The number of cyclic esters (lactones) is 1. The molecule has 44 heavy (non-hydrogen) atoms. The van der Waals surface area contributed by atoms with E-state index in [9.17, 15) is 19.5 Å². The number of halogens is 1. The molecule has 1 amide bonds. The van der Waals surface area contributed by atoms with Crippen LogP contribution in [-0.4, -0.2) is 33.9 Å². The predicted molar refractivity (Wildman–Crippen MR) is 170 cm³/mol. The van der Waals surface area contributed by atoms with Gasteiger partial charge < -0.3 is 19.6 Å². The first-order chi connectivity index (χ1) is 21.4. The number of carbonyl (C=O) groups is 3. The molecule has 5 aromatic rings. The fourth-order valence-electron chi connectivity index (χ4n) is 7.70. The quantitative estimate of drug-likeness (QED) is 0.166. The molecule has 218 valence electrons. The number of aliphatic carboxylic acids is 1. The van der Waals surface area contributed by atoms with Gasteiger partial charge >= 0.3 is 11.9 Å². The van der Waals surface area contributed by atoms with Crippen LogP contribution in [0.15, 0.2) is 114 Å². The second-order valence-electron chi connectivity index (χ2n) is 11.5. The molecular formula is C35H25IN2O6. The molecule has 2 fully saturated rings. The molecule has 3 aliphatic rings.